The lowest BCUT2D eigenvalue weighted by molar-refractivity contribution is 0.331. The van der Waals surface area contributed by atoms with Gasteiger partial charge in [0.15, 0.2) is 5.96 Å². The van der Waals surface area contributed by atoms with Gasteiger partial charge in [-0.25, -0.2) is 4.99 Å². The third kappa shape index (κ3) is 6.54. The van der Waals surface area contributed by atoms with Gasteiger partial charge in [0.05, 0.1) is 12.8 Å². The van der Waals surface area contributed by atoms with Gasteiger partial charge in [0.1, 0.15) is 5.76 Å². The van der Waals surface area contributed by atoms with E-state index >= 15 is 0 Å². The first-order valence-electron chi connectivity index (χ1n) is 7.46. The topological polar surface area (TPSA) is 40.8 Å². The van der Waals surface area contributed by atoms with Crippen molar-refractivity contribution < 1.29 is 4.42 Å². The van der Waals surface area contributed by atoms with Gasteiger partial charge in [0.25, 0.3) is 0 Å². The van der Waals surface area contributed by atoms with E-state index in [1.807, 2.05) is 19.1 Å². The van der Waals surface area contributed by atoms with Gasteiger partial charge >= 0.3 is 0 Å². The van der Waals surface area contributed by atoms with Gasteiger partial charge in [-0.1, -0.05) is 12.2 Å². The summed E-state index contributed by atoms with van der Waals surface area (Å²) in [5.74, 6) is 2.02. The molecule has 1 aromatic heterocycles. The molecule has 0 bridgehead atoms. The predicted molar refractivity (Wildman–Crippen MR) is 98.4 cm³/mol. The number of likely N-dealkylation sites (tertiary alicyclic amines) is 1. The average molecular weight is 403 g/mol. The van der Waals surface area contributed by atoms with Gasteiger partial charge in [0.2, 0.25) is 0 Å². The zero-order chi connectivity index (χ0) is 14.2. The molecule has 2 rings (SSSR count). The zero-order valence-corrected chi connectivity index (χ0v) is 15.1. The maximum Gasteiger partial charge on any atom is 0.194 e. The molecule has 1 N–H and O–H groups in total. The van der Waals surface area contributed by atoms with Gasteiger partial charge in [-0.2, -0.15) is 0 Å². The fourth-order valence-electron chi connectivity index (χ4n) is 2.34. The molecule has 0 radical (unpaired) electrons. The molecule has 21 heavy (non-hydrogen) atoms. The van der Waals surface area contributed by atoms with Crippen LogP contribution in [0.15, 0.2) is 40.0 Å². The summed E-state index contributed by atoms with van der Waals surface area (Å²) < 4.78 is 5.35. The molecule has 0 spiro atoms. The number of guanidine groups is 1. The fraction of sp³-hybridized carbons (Fsp3) is 0.562. The summed E-state index contributed by atoms with van der Waals surface area (Å²) in [6.45, 7) is 9.68. The van der Waals surface area contributed by atoms with Crippen LogP contribution in [0.2, 0.25) is 0 Å². The molecular weight excluding hydrogens is 377 g/mol. The molecule has 1 saturated heterocycles. The Morgan fingerprint density at radius 2 is 2.14 bits per heavy atom. The largest absolute Gasteiger partial charge is 0.469 e. The van der Waals surface area contributed by atoms with Crippen molar-refractivity contribution >= 4 is 29.9 Å². The Kier molecular flexibility index (Phi) is 8.49. The molecule has 0 saturated carbocycles. The minimum absolute atomic E-state index is 0. The van der Waals surface area contributed by atoms with Crippen LogP contribution < -0.4 is 5.32 Å². The minimum atomic E-state index is 0. The van der Waals surface area contributed by atoms with E-state index < -0.39 is 0 Å². The maximum atomic E-state index is 5.35. The number of furan rings is 1. The highest BCUT2D eigenvalue weighted by atomic mass is 127. The molecular formula is C16H26IN3O. The Bertz CT molecular complexity index is 436. The molecule has 5 heteroatoms. The Hall–Kier alpha value is -0.980. The highest BCUT2D eigenvalue weighted by Gasteiger charge is 2.14. The quantitative estimate of drug-likeness (QED) is 0.355. The average Bonchev–Trinajstić information content (AvgIpc) is 2.96. The third-order valence-corrected chi connectivity index (χ3v) is 3.39. The number of halogens is 1. The molecule has 1 aliphatic rings. The van der Waals surface area contributed by atoms with Crippen LogP contribution in [0.1, 0.15) is 31.9 Å². The number of hydrogen-bond acceptors (Lipinski definition) is 2. The maximum absolute atomic E-state index is 5.35. The van der Waals surface area contributed by atoms with E-state index in [1.165, 1.54) is 19.3 Å². The van der Waals surface area contributed by atoms with Crippen molar-refractivity contribution in [3.05, 3.63) is 36.3 Å². The molecule has 1 aliphatic heterocycles. The molecule has 1 fully saturated rings. The second-order valence-electron chi connectivity index (χ2n) is 5.40. The molecule has 0 aromatic carbocycles. The van der Waals surface area contributed by atoms with Crippen LogP contribution in [0.25, 0.3) is 0 Å². The number of hydrogen-bond donors (Lipinski definition) is 1. The molecule has 4 nitrogen and oxygen atoms in total. The molecule has 0 aliphatic carbocycles. The highest BCUT2D eigenvalue weighted by Crippen LogP contribution is 2.09. The summed E-state index contributed by atoms with van der Waals surface area (Å²) in [6, 6.07) is 3.93. The summed E-state index contributed by atoms with van der Waals surface area (Å²) in [7, 11) is 0. The Morgan fingerprint density at radius 3 is 2.76 bits per heavy atom. The van der Waals surface area contributed by atoms with Gasteiger partial charge in [-0.15, -0.1) is 24.0 Å². The predicted octanol–water partition coefficient (Wildman–Crippen LogP) is 3.45. The first-order chi connectivity index (χ1) is 9.75. The summed E-state index contributed by atoms with van der Waals surface area (Å²) in [6.07, 6.45) is 6.44. The third-order valence-electron chi connectivity index (χ3n) is 3.39. The number of nitrogens with zero attached hydrogens (tertiary/aromatic N) is 2. The van der Waals surface area contributed by atoms with Crippen LogP contribution in [-0.2, 0) is 6.42 Å². The Balaban J connectivity index is 0.00000220. The van der Waals surface area contributed by atoms with E-state index in [-0.39, 0.29) is 24.0 Å². The van der Waals surface area contributed by atoms with E-state index in [2.05, 4.69) is 21.8 Å². The fourth-order valence-corrected chi connectivity index (χ4v) is 2.34. The molecule has 0 unspecified atom stereocenters. The van der Waals surface area contributed by atoms with Gasteiger partial charge in [-0.05, 0) is 38.3 Å². The lowest BCUT2D eigenvalue weighted by Gasteiger charge is -2.30. The van der Waals surface area contributed by atoms with Crippen molar-refractivity contribution in [2.45, 2.75) is 32.6 Å². The van der Waals surface area contributed by atoms with Crippen LogP contribution in [0, 0.1) is 0 Å². The SMILES string of the molecule is C=C(C)CN=C(NCCc1ccco1)N1CCCCC1.I. The van der Waals surface area contributed by atoms with E-state index in [4.69, 9.17) is 4.42 Å². The Labute approximate surface area is 144 Å². The van der Waals surface area contributed by atoms with E-state index in [0.717, 1.165) is 43.3 Å². The first kappa shape index (κ1) is 18.1. The van der Waals surface area contributed by atoms with Gasteiger partial charge in [0, 0.05) is 26.1 Å². The van der Waals surface area contributed by atoms with Gasteiger partial charge in [-0.3, -0.25) is 0 Å². The van der Waals surface area contributed by atoms with Crippen molar-refractivity contribution in [2.75, 3.05) is 26.2 Å². The minimum Gasteiger partial charge on any atom is -0.469 e. The van der Waals surface area contributed by atoms with Crippen molar-refractivity contribution in [1.29, 1.82) is 0 Å². The summed E-state index contributed by atoms with van der Waals surface area (Å²) >= 11 is 0. The van der Waals surface area contributed by atoms with E-state index in [9.17, 15) is 0 Å². The normalized spacial score (nSPS) is 15.5. The van der Waals surface area contributed by atoms with Gasteiger partial charge < -0.3 is 14.6 Å². The summed E-state index contributed by atoms with van der Waals surface area (Å²) in [4.78, 5) is 7.02. The molecule has 0 amide bonds. The molecule has 1 aromatic rings. The highest BCUT2D eigenvalue weighted by molar-refractivity contribution is 14.0. The summed E-state index contributed by atoms with van der Waals surface area (Å²) in [5.41, 5.74) is 1.09. The lowest BCUT2D eigenvalue weighted by Crippen LogP contribution is -2.44. The van der Waals surface area contributed by atoms with Crippen molar-refractivity contribution in [1.82, 2.24) is 10.2 Å². The number of aliphatic imine (C=N–C) groups is 1. The van der Waals surface area contributed by atoms with Crippen LogP contribution in [0.5, 0.6) is 0 Å². The van der Waals surface area contributed by atoms with Crippen molar-refractivity contribution in [2.24, 2.45) is 4.99 Å². The second-order valence-corrected chi connectivity index (χ2v) is 5.40. The summed E-state index contributed by atoms with van der Waals surface area (Å²) in [5, 5.41) is 3.46. The van der Waals surface area contributed by atoms with Crippen molar-refractivity contribution in [3.8, 4) is 0 Å². The molecule has 0 atom stereocenters. The number of rotatable bonds is 5. The van der Waals surface area contributed by atoms with E-state index in [1.54, 1.807) is 6.26 Å². The standard InChI is InChI=1S/C16H25N3O.HI/c1-14(2)13-18-16(19-10-4-3-5-11-19)17-9-8-15-7-6-12-20-15;/h6-7,12H,1,3-5,8-11,13H2,2H3,(H,17,18);1H. The number of piperidine rings is 1. The van der Waals surface area contributed by atoms with Crippen LogP contribution in [-0.4, -0.2) is 37.0 Å². The van der Waals surface area contributed by atoms with Crippen molar-refractivity contribution in [3.63, 3.8) is 0 Å². The lowest BCUT2D eigenvalue weighted by atomic mass is 10.1. The second kappa shape index (κ2) is 9.87. The van der Waals surface area contributed by atoms with Crippen LogP contribution >= 0.6 is 24.0 Å². The van der Waals surface area contributed by atoms with Crippen LogP contribution in [0.4, 0.5) is 0 Å². The van der Waals surface area contributed by atoms with Crippen LogP contribution in [0.3, 0.4) is 0 Å². The molecule has 2 heterocycles. The first-order valence-corrected chi connectivity index (χ1v) is 7.46. The molecule has 118 valence electrons. The zero-order valence-electron chi connectivity index (χ0n) is 12.8. The number of nitrogens with one attached hydrogen (secondary N) is 1. The monoisotopic (exact) mass is 403 g/mol. The smallest absolute Gasteiger partial charge is 0.194 e. The van der Waals surface area contributed by atoms with E-state index in [0.29, 0.717) is 6.54 Å². The Morgan fingerprint density at radius 1 is 1.38 bits per heavy atom.